The molecule has 1 N–H and O–H groups in total. The van der Waals surface area contributed by atoms with Gasteiger partial charge in [0.25, 0.3) is 0 Å². The Morgan fingerprint density at radius 2 is 1.90 bits per heavy atom. The number of rotatable bonds is 7. The molecule has 0 aliphatic carbocycles. The molecule has 0 bridgehead atoms. The van der Waals surface area contributed by atoms with Gasteiger partial charge in [-0.15, -0.1) is 11.3 Å². The second-order valence-corrected chi connectivity index (χ2v) is 9.53. The predicted molar refractivity (Wildman–Crippen MR) is 123 cm³/mol. The smallest absolute Gasteiger partial charge is 0.303 e. The minimum atomic E-state index is -0.785. The Bertz CT molecular complexity index is 1230. The highest BCUT2D eigenvalue weighted by Gasteiger charge is 2.17. The standard InChI is InChI=1S/C25H27NO3S/c1-14(2)25-18-7-5-15(3)11-23(18)30-22(25)9-8-20-19-12-16(4)17(6-10-24(27)28)13-21(19)29-26-20/h5,7,11-14H,6,8-10H2,1-4H3,(H,27,28). The summed E-state index contributed by atoms with van der Waals surface area (Å²) in [4.78, 5) is 12.3. The van der Waals surface area contributed by atoms with Crippen molar-refractivity contribution >= 4 is 38.4 Å². The molecule has 4 nitrogen and oxygen atoms in total. The van der Waals surface area contributed by atoms with Crippen LogP contribution in [0, 0.1) is 13.8 Å². The highest BCUT2D eigenvalue weighted by atomic mass is 32.1. The van der Waals surface area contributed by atoms with Gasteiger partial charge in [0, 0.05) is 21.4 Å². The van der Waals surface area contributed by atoms with Gasteiger partial charge in [-0.1, -0.05) is 31.1 Å². The van der Waals surface area contributed by atoms with E-state index in [1.54, 1.807) is 0 Å². The van der Waals surface area contributed by atoms with Crippen LogP contribution in [0.4, 0.5) is 0 Å². The molecule has 0 fully saturated rings. The number of fused-ring (bicyclic) bond motifs is 2. The lowest BCUT2D eigenvalue weighted by atomic mass is 9.96. The van der Waals surface area contributed by atoms with Gasteiger partial charge in [-0.3, -0.25) is 4.79 Å². The molecule has 2 heterocycles. The van der Waals surface area contributed by atoms with Crippen LogP contribution in [0.15, 0.2) is 34.9 Å². The Hall–Kier alpha value is -2.66. The Kier molecular flexibility index (Phi) is 5.65. The maximum Gasteiger partial charge on any atom is 0.303 e. The minimum absolute atomic E-state index is 0.122. The first kappa shape index (κ1) is 20.6. The van der Waals surface area contributed by atoms with E-state index >= 15 is 0 Å². The average Bonchev–Trinajstić information content (AvgIpc) is 3.24. The molecule has 5 heteroatoms. The third kappa shape index (κ3) is 3.99. The Labute approximate surface area is 180 Å². The highest BCUT2D eigenvalue weighted by Crippen LogP contribution is 2.37. The zero-order valence-corrected chi connectivity index (χ0v) is 18.7. The van der Waals surface area contributed by atoms with Gasteiger partial charge in [-0.25, -0.2) is 0 Å². The van der Waals surface area contributed by atoms with E-state index < -0.39 is 5.97 Å². The van der Waals surface area contributed by atoms with Crippen molar-refractivity contribution in [3.63, 3.8) is 0 Å². The van der Waals surface area contributed by atoms with Crippen molar-refractivity contribution in [2.75, 3.05) is 0 Å². The first-order chi connectivity index (χ1) is 14.3. The van der Waals surface area contributed by atoms with Crippen LogP contribution in [0.1, 0.15) is 59.0 Å². The van der Waals surface area contributed by atoms with Gasteiger partial charge in [-0.2, -0.15) is 0 Å². The van der Waals surface area contributed by atoms with Crippen LogP contribution < -0.4 is 0 Å². The van der Waals surface area contributed by atoms with E-state index in [4.69, 9.17) is 9.63 Å². The second-order valence-electron chi connectivity index (χ2n) is 8.39. The maximum atomic E-state index is 10.9. The van der Waals surface area contributed by atoms with Crippen molar-refractivity contribution in [2.45, 2.75) is 59.3 Å². The van der Waals surface area contributed by atoms with Crippen molar-refractivity contribution in [3.05, 3.63) is 63.2 Å². The topological polar surface area (TPSA) is 63.3 Å². The van der Waals surface area contributed by atoms with Crippen molar-refractivity contribution in [3.8, 4) is 0 Å². The lowest BCUT2D eigenvalue weighted by Gasteiger charge is -2.08. The minimum Gasteiger partial charge on any atom is -0.481 e. The number of thiophene rings is 1. The van der Waals surface area contributed by atoms with Gasteiger partial charge < -0.3 is 9.63 Å². The highest BCUT2D eigenvalue weighted by molar-refractivity contribution is 7.19. The molecule has 0 aliphatic heterocycles. The van der Waals surface area contributed by atoms with Crippen LogP contribution in [0.25, 0.3) is 21.1 Å². The van der Waals surface area contributed by atoms with E-state index in [1.807, 2.05) is 24.3 Å². The van der Waals surface area contributed by atoms with Gasteiger partial charge in [0.05, 0.1) is 5.69 Å². The van der Waals surface area contributed by atoms with Crippen LogP contribution in [-0.2, 0) is 24.1 Å². The lowest BCUT2D eigenvalue weighted by Crippen LogP contribution is -1.99. The molecule has 0 unspecified atom stereocenters. The Balaban J connectivity index is 1.62. The Morgan fingerprint density at radius 1 is 1.10 bits per heavy atom. The van der Waals surface area contributed by atoms with Crippen molar-refractivity contribution in [1.29, 1.82) is 0 Å². The molecule has 0 amide bonds. The quantitative estimate of drug-likeness (QED) is 0.366. The monoisotopic (exact) mass is 421 g/mol. The molecule has 0 saturated heterocycles. The summed E-state index contributed by atoms with van der Waals surface area (Å²) in [6.45, 7) is 8.69. The summed E-state index contributed by atoms with van der Waals surface area (Å²) >= 11 is 1.89. The van der Waals surface area contributed by atoms with E-state index in [2.05, 4.69) is 50.2 Å². The van der Waals surface area contributed by atoms with E-state index in [0.717, 1.165) is 40.6 Å². The summed E-state index contributed by atoms with van der Waals surface area (Å²) in [6.07, 6.45) is 2.39. The molecule has 0 atom stereocenters. The molecule has 0 radical (unpaired) electrons. The largest absolute Gasteiger partial charge is 0.481 e. The number of hydrogen-bond acceptors (Lipinski definition) is 4. The third-order valence-electron chi connectivity index (χ3n) is 5.74. The van der Waals surface area contributed by atoms with Crippen molar-refractivity contribution in [2.24, 2.45) is 0 Å². The molecular weight excluding hydrogens is 394 g/mol. The fraction of sp³-hybridized carbons (Fsp3) is 0.360. The van der Waals surface area contributed by atoms with Gasteiger partial charge in [0.1, 0.15) is 0 Å². The van der Waals surface area contributed by atoms with E-state index in [1.165, 1.54) is 26.1 Å². The van der Waals surface area contributed by atoms with E-state index in [-0.39, 0.29) is 6.42 Å². The zero-order valence-electron chi connectivity index (χ0n) is 17.9. The molecular formula is C25H27NO3S. The number of aliphatic carboxylic acids is 1. The number of benzene rings is 2. The molecule has 4 aromatic rings. The van der Waals surface area contributed by atoms with Crippen LogP contribution in [0.3, 0.4) is 0 Å². The van der Waals surface area contributed by atoms with Gasteiger partial charge in [0.15, 0.2) is 5.58 Å². The molecule has 156 valence electrons. The molecule has 2 aromatic carbocycles. The molecule has 0 spiro atoms. The normalized spacial score (nSPS) is 11.8. The Morgan fingerprint density at radius 3 is 2.63 bits per heavy atom. The summed E-state index contributed by atoms with van der Waals surface area (Å²) in [5.41, 5.74) is 6.56. The number of carboxylic acids is 1. The molecule has 0 aliphatic rings. The summed E-state index contributed by atoms with van der Waals surface area (Å²) in [6, 6.07) is 10.8. The zero-order chi connectivity index (χ0) is 21.4. The van der Waals surface area contributed by atoms with Gasteiger partial charge in [-0.05, 0) is 84.9 Å². The number of aryl methyl sites for hydroxylation is 5. The number of nitrogens with zero attached hydrogens (tertiary/aromatic N) is 1. The summed E-state index contributed by atoms with van der Waals surface area (Å²) in [5, 5.41) is 15.7. The van der Waals surface area contributed by atoms with Crippen molar-refractivity contribution < 1.29 is 14.4 Å². The maximum absolute atomic E-state index is 10.9. The summed E-state index contributed by atoms with van der Waals surface area (Å²) < 4.78 is 6.96. The van der Waals surface area contributed by atoms with Gasteiger partial charge >= 0.3 is 5.97 Å². The van der Waals surface area contributed by atoms with E-state index in [0.29, 0.717) is 12.3 Å². The van der Waals surface area contributed by atoms with Crippen LogP contribution in [0.2, 0.25) is 0 Å². The fourth-order valence-electron chi connectivity index (χ4n) is 4.20. The van der Waals surface area contributed by atoms with Crippen LogP contribution in [0.5, 0.6) is 0 Å². The van der Waals surface area contributed by atoms with Crippen LogP contribution in [-0.4, -0.2) is 16.2 Å². The van der Waals surface area contributed by atoms with Crippen molar-refractivity contribution in [1.82, 2.24) is 5.16 Å². The SMILES string of the molecule is Cc1ccc2c(C(C)C)c(CCc3noc4cc(CCC(=O)O)c(C)cc34)sc2c1. The third-order valence-corrected chi connectivity index (χ3v) is 6.97. The molecule has 0 saturated carbocycles. The molecule has 4 rings (SSSR count). The first-order valence-corrected chi connectivity index (χ1v) is 11.3. The number of aromatic nitrogens is 1. The average molecular weight is 422 g/mol. The lowest BCUT2D eigenvalue weighted by molar-refractivity contribution is -0.136. The molecule has 2 aromatic heterocycles. The predicted octanol–water partition coefficient (Wildman–Crippen LogP) is 6.59. The summed E-state index contributed by atoms with van der Waals surface area (Å²) in [5.74, 6) is -0.309. The van der Waals surface area contributed by atoms with Crippen LogP contribution >= 0.6 is 11.3 Å². The fourth-order valence-corrected chi connectivity index (χ4v) is 5.66. The van der Waals surface area contributed by atoms with Gasteiger partial charge in [0.2, 0.25) is 0 Å². The molecule has 30 heavy (non-hydrogen) atoms. The van der Waals surface area contributed by atoms with E-state index in [9.17, 15) is 4.79 Å². The summed E-state index contributed by atoms with van der Waals surface area (Å²) in [7, 11) is 0. The second kappa shape index (κ2) is 8.23. The number of carboxylic acid groups (broad SMARTS) is 1. The first-order valence-electron chi connectivity index (χ1n) is 10.4. The number of hydrogen-bond donors (Lipinski definition) is 1. The number of carbonyl (C=O) groups is 1.